The summed E-state index contributed by atoms with van der Waals surface area (Å²) in [6.07, 6.45) is -0.482. The van der Waals surface area contributed by atoms with Crippen molar-refractivity contribution in [3.63, 3.8) is 0 Å². The van der Waals surface area contributed by atoms with Crippen LogP contribution in [0.4, 0.5) is 4.79 Å². The Kier molecular flexibility index (Phi) is 7.19. The van der Waals surface area contributed by atoms with Gasteiger partial charge >= 0.3 is 6.09 Å². The molecule has 0 aromatic heterocycles. The molecular weight excluding hydrogens is 224 g/mol. The largest absolute Gasteiger partial charge is 0.497 e. The van der Waals surface area contributed by atoms with Crippen LogP contribution in [0.25, 0.3) is 0 Å². The van der Waals surface area contributed by atoms with Gasteiger partial charge in [0.2, 0.25) is 0 Å². The summed E-state index contributed by atoms with van der Waals surface area (Å²) in [6.45, 7) is 5.61. The van der Waals surface area contributed by atoms with Crippen LogP contribution in [0.2, 0.25) is 0 Å². The van der Waals surface area contributed by atoms with Crippen LogP contribution in [0.5, 0.6) is 0 Å². The highest BCUT2D eigenvalue weighted by atomic mass is 16.5. The van der Waals surface area contributed by atoms with Crippen molar-refractivity contribution >= 4 is 12.0 Å². The van der Waals surface area contributed by atoms with Crippen molar-refractivity contribution in [2.24, 2.45) is 0 Å². The molecule has 0 aromatic rings. The third-order valence-electron chi connectivity index (χ3n) is 1.75. The fourth-order valence-corrected chi connectivity index (χ4v) is 1.09. The summed E-state index contributed by atoms with van der Waals surface area (Å²) in [6, 6.07) is 1.72. The third-order valence-corrected chi connectivity index (χ3v) is 1.75. The number of allylic oxidation sites excluding steroid dienone is 1. The molecule has 94 valence electrons. The lowest BCUT2D eigenvalue weighted by molar-refractivity contribution is -0.116. The second-order valence-electron chi connectivity index (χ2n) is 2.87. The summed E-state index contributed by atoms with van der Waals surface area (Å²) >= 11 is 0. The van der Waals surface area contributed by atoms with Crippen molar-refractivity contribution in [2.45, 2.75) is 27.2 Å². The first-order valence-electron chi connectivity index (χ1n) is 5.34. The predicted molar refractivity (Wildman–Crippen MR) is 59.7 cm³/mol. The van der Waals surface area contributed by atoms with Gasteiger partial charge in [-0.15, -0.1) is 0 Å². The van der Waals surface area contributed by atoms with Crippen LogP contribution < -0.4 is 5.32 Å². The lowest BCUT2D eigenvalue weighted by Gasteiger charge is -2.09. The minimum absolute atomic E-state index is 0.150. The molecule has 0 spiro atoms. The van der Waals surface area contributed by atoms with Crippen LogP contribution in [-0.2, 0) is 14.3 Å². The van der Waals surface area contributed by atoms with Crippen LogP contribution in [0, 0.1) is 11.3 Å². The summed E-state index contributed by atoms with van der Waals surface area (Å²) in [7, 11) is 0. The highest BCUT2D eigenvalue weighted by molar-refractivity contribution is 6.05. The molecule has 0 atom stereocenters. The van der Waals surface area contributed by atoms with E-state index in [0.29, 0.717) is 13.0 Å². The highest BCUT2D eigenvalue weighted by Crippen LogP contribution is 2.10. The Morgan fingerprint density at radius 2 is 1.76 bits per heavy atom. The van der Waals surface area contributed by atoms with Crippen LogP contribution in [0.1, 0.15) is 27.2 Å². The molecule has 0 aliphatic heterocycles. The van der Waals surface area contributed by atoms with E-state index in [1.807, 2.05) is 5.32 Å². The lowest BCUT2D eigenvalue weighted by atomic mass is 10.2. The van der Waals surface area contributed by atoms with Gasteiger partial charge in [0.05, 0.1) is 13.2 Å². The van der Waals surface area contributed by atoms with Gasteiger partial charge in [0.1, 0.15) is 11.8 Å². The molecule has 0 saturated carbocycles. The van der Waals surface area contributed by atoms with Crippen LogP contribution in [0.15, 0.2) is 11.3 Å². The molecule has 6 nitrogen and oxygen atoms in total. The summed E-state index contributed by atoms with van der Waals surface area (Å²) in [5.74, 6) is -0.548. The van der Waals surface area contributed by atoms with Gasteiger partial charge in [-0.05, 0) is 13.8 Å². The molecule has 0 fully saturated rings. The first-order chi connectivity index (χ1) is 8.10. The zero-order chi connectivity index (χ0) is 13.3. The van der Waals surface area contributed by atoms with E-state index in [1.165, 1.54) is 0 Å². The second kappa shape index (κ2) is 8.16. The average Bonchev–Trinajstić information content (AvgIpc) is 2.28. The molecule has 0 aliphatic carbocycles. The third kappa shape index (κ3) is 5.02. The molecule has 0 heterocycles. The van der Waals surface area contributed by atoms with E-state index >= 15 is 0 Å². The van der Waals surface area contributed by atoms with Crippen molar-refractivity contribution in [3.05, 3.63) is 11.3 Å². The Bertz CT molecular complexity index is 355. The molecule has 0 unspecified atom stereocenters. The van der Waals surface area contributed by atoms with Gasteiger partial charge < -0.3 is 9.47 Å². The number of imide groups is 1. The van der Waals surface area contributed by atoms with Crippen molar-refractivity contribution in [3.8, 4) is 6.07 Å². The number of hydrogen-bond acceptors (Lipinski definition) is 5. The molecule has 17 heavy (non-hydrogen) atoms. The number of carbonyl (C=O) groups is 2. The minimum Gasteiger partial charge on any atom is -0.497 e. The fraction of sp³-hybridized carbons (Fsp3) is 0.545. The maximum Gasteiger partial charge on any atom is 0.414 e. The standard InChI is InChI=1S/C11H16N2O4/c1-4-9(16-5-2)8(7-12)10(14)13-11(15)17-6-3/h4-6H2,1-3H3,(H,13,14,15). The maximum absolute atomic E-state index is 11.6. The molecule has 0 rings (SSSR count). The number of alkyl carbamates (subject to hydrolysis) is 1. The minimum atomic E-state index is -0.878. The maximum atomic E-state index is 11.6. The molecule has 6 heteroatoms. The van der Waals surface area contributed by atoms with E-state index in [4.69, 9.17) is 10.00 Å². The number of hydrogen-bond donors (Lipinski definition) is 1. The summed E-state index contributed by atoms with van der Waals surface area (Å²) < 4.78 is 9.69. The molecular formula is C11H16N2O4. The zero-order valence-corrected chi connectivity index (χ0v) is 10.2. The summed E-state index contributed by atoms with van der Waals surface area (Å²) in [5.41, 5.74) is -0.206. The Morgan fingerprint density at radius 1 is 1.18 bits per heavy atom. The normalized spacial score (nSPS) is 10.9. The van der Waals surface area contributed by atoms with E-state index in [-0.39, 0.29) is 17.9 Å². The number of carbonyl (C=O) groups excluding carboxylic acids is 2. The summed E-state index contributed by atoms with van der Waals surface area (Å²) in [5, 5.41) is 10.8. The average molecular weight is 240 g/mol. The van der Waals surface area contributed by atoms with Gasteiger partial charge in [-0.1, -0.05) is 6.92 Å². The number of nitrogens with zero attached hydrogens (tertiary/aromatic N) is 1. The molecule has 0 aromatic carbocycles. The van der Waals surface area contributed by atoms with E-state index in [2.05, 4.69) is 4.74 Å². The zero-order valence-electron chi connectivity index (χ0n) is 10.2. The molecule has 1 N–H and O–H groups in total. The van der Waals surface area contributed by atoms with E-state index in [1.54, 1.807) is 26.8 Å². The van der Waals surface area contributed by atoms with Gasteiger partial charge in [-0.25, -0.2) is 4.79 Å². The van der Waals surface area contributed by atoms with Crippen molar-refractivity contribution in [2.75, 3.05) is 13.2 Å². The number of amides is 2. The molecule has 0 bridgehead atoms. The van der Waals surface area contributed by atoms with Gasteiger partial charge in [0.25, 0.3) is 5.91 Å². The number of rotatable bonds is 5. The summed E-state index contributed by atoms with van der Waals surface area (Å²) in [4.78, 5) is 22.6. The van der Waals surface area contributed by atoms with E-state index < -0.39 is 12.0 Å². The molecule has 0 radical (unpaired) electrons. The van der Waals surface area contributed by atoms with Gasteiger partial charge in [-0.3, -0.25) is 10.1 Å². The van der Waals surface area contributed by atoms with Gasteiger partial charge in [0.15, 0.2) is 5.57 Å². The van der Waals surface area contributed by atoms with Crippen LogP contribution in [-0.4, -0.2) is 25.2 Å². The van der Waals surface area contributed by atoms with Crippen LogP contribution >= 0.6 is 0 Å². The first-order valence-corrected chi connectivity index (χ1v) is 5.34. The quantitative estimate of drug-likeness (QED) is 0.446. The van der Waals surface area contributed by atoms with Crippen molar-refractivity contribution < 1.29 is 19.1 Å². The molecule has 0 aliphatic rings. The van der Waals surface area contributed by atoms with Gasteiger partial charge in [-0.2, -0.15) is 5.26 Å². The van der Waals surface area contributed by atoms with Crippen molar-refractivity contribution in [1.82, 2.24) is 5.32 Å². The van der Waals surface area contributed by atoms with E-state index in [9.17, 15) is 9.59 Å². The number of nitriles is 1. The topological polar surface area (TPSA) is 88.4 Å². The fourth-order valence-electron chi connectivity index (χ4n) is 1.09. The number of ether oxygens (including phenoxy) is 2. The predicted octanol–water partition coefficient (Wildman–Crippen LogP) is 1.48. The SMILES string of the molecule is CCOC(=O)NC(=O)C(C#N)=C(CC)OCC. The molecule has 0 saturated heterocycles. The van der Waals surface area contributed by atoms with Gasteiger partial charge in [0, 0.05) is 6.42 Å². The highest BCUT2D eigenvalue weighted by Gasteiger charge is 2.18. The van der Waals surface area contributed by atoms with Crippen molar-refractivity contribution in [1.29, 1.82) is 5.26 Å². The lowest BCUT2D eigenvalue weighted by Crippen LogP contribution is -2.32. The number of nitrogens with one attached hydrogen (secondary N) is 1. The Hall–Kier alpha value is -2.03. The Labute approximate surface area is 100 Å². The molecule has 2 amide bonds. The first kappa shape index (κ1) is 15.0. The Morgan fingerprint density at radius 3 is 2.18 bits per heavy atom. The Balaban J connectivity index is 4.82. The smallest absolute Gasteiger partial charge is 0.414 e. The second-order valence-corrected chi connectivity index (χ2v) is 2.87. The van der Waals surface area contributed by atoms with E-state index in [0.717, 1.165) is 0 Å². The van der Waals surface area contributed by atoms with Crippen LogP contribution in [0.3, 0.4) is 0 Å². The monoisotopic (exact) mass is 240 g/mol.